The first-order chi connectivity index (χ1) is 16.7. The van der Waals surface area contributed by atoms with Gasteiger partial charge in [0, 0.05) is 49.9 Å². The van der Waals surface area contributed by atoms with Crippen LogP contribution in [0.25, 0.3) is 11.0 Å². The highest BCUT2D eigenvalue weighted by atomic mass is 16.5. The average molecular weight is 463 g/mol. The molecular weight excluding hydrogens is 428 g/mol. The summed E-state index contributed by atoms with van der Waals surface area (Å²) in [6.45, 7) is 6.59. The lowest BCUT2D eigenvalue weighted by atomic mass is 10.1. The first kappa shape index (κ1) is 22.6. The number of ether oxygens (including phenoxy) is 1. The molecule has 2 N–H and O–H groups in total. The maximum atomic E-state index is 12.0. The quantitative estimate of drug-likeness (QED) is 0.518. The zero-order valence-corrected chi connectivity index (χ0v) is 19.7. The van der Waals surface area contributed by atoms with Gasteiger partial charge in [-0.3, -0.25) is 9.80 Å². The summed E-state index contributed by atoms with van der Waals surface area (Å²) in [7, 11) is 0. The normalized spacial score (nSPS) is 16.6. The Bertz CT molecular complexity index is 1090. The molecule has 3 aromatic rings. The number of carbonyl (C=O) groups excluding carboxylic acids is 1. The number of anilines is 2. The molecular formula is C27H34N4O3. The number of fused-ring (bicyclic) bond motifs is 2. The number of nitrogens with two attached hydrogens (primary N) is 1. The molecule has 2 amide bonds. The van der Waals surface area contributed by atoms with Gasteiger partial charge in [0.05, 0.1) is 6.61 Å². The zero-order chi connectivity index (χ0) is 23.3. The van der Waals surface area contributed by atoms with Crippen LogP contribution < -0.4 is 20.3 Å². The molecule has 2 aromatic carbocycles. The highest BCUT2D eigenvalue weighted by Gasteiger charge is 2.20. The van der Waals surface area contributed by atoms with Crippen molar-refractivity contribution in [2.45, 2.75) is 32.1 Å². The van der Waals surface area contributed by atoms with E-state index in [2.05, 4.69) is 28.0 Å². The highest BCUT2D eigenvalue weighted by molar-refractivity contribution is 5.92. The van der Waals surface area contributed by atoms with Crippen LogP contribution in [0.1, 0.15) is 31.2 Å². The number of aryl methyl sites for hydroxylation is 1. The van der Waals surface area contributed by atoms with E-state index in [-0.39, 0.29) is 0 Å². The van der Waals surface area contributed by atoms with Gasteiger partial charge in [0.1, 0.15) is 11.3 Å². The van der Waals surface area contributed by atoms with E-state index in [1.54, 1.807) is 4.90 Å². The van der Waals surface area contributed by atoms with Gasteiger partial charge in [-0.25, -0.2) is 4.79 Å². The number of urea groups is 1. The third-order valence-corrected chi connectivity index (χ3v) is 6.93. The molecule has 5 rings (SSSR count). The lowest BCUT2D eigenvalue weighted by Crippen LogP contribution is -2.46. The molecule has 0 radical (unpaired) electrons. The van der Waals surface area contributed by atoms with E-state index in [0.717, 1.165) is 81.7 Å². The van der Waals surface area contributed by atoms with Gasteiger partial charge < -0.3 is 19.8 Å². The molecule has 34 heavy (non-hydrogen) atoms. The molecule has 180 valence electrons. The molecule has 1 saturated heterocycles. The Labute approximate surface area is 201 Å². The van der Waals surface area contributed by atoms with Crippen molar-refractivity contribution in [3.8, 4) is 5.75 Å². The summed E-state index contributed by atoms with van der Waals surface area (Å²) in [5, 5.41) is 0.976. The number of nitrogens with zero attached hydrogens (tertiary/aromatic N) is 3. The SMILES string of the molecule is NC(=O)N(CCCCN1CCN(c2ccc3c(c2)CCCCO3)CC1)c1cc2ccccc2o1. The van der Waals surface area contributed by atoms with Crippen molar-refractivity contribution in [3.05, 3.63) is 54.1 Å². The van der Waals surface area contributed by atoms with Crippen LogP contribution in [0.4, 0.5) is 16.4 Å². The fraction of sp³-hybridized carbons (Fsp3) is 0.444. The summed E-state index contributed by atoms with van der Waals surface area (Å²) in [4.78, 5) is 18.6. The van der Waals surface area contributed by atoms with Gasteiger partial charge >= 0.3 is 6.03 Å². The molecule has 2 aliphatic heterocycles. The minimum atomic E-state index is -0.473. The second-order valence-corrected chi connectivity index (χ2v) is 9.25. The van der Waals surface area contributed by atoms with Gasteiger partial charge in [0.25, 0.3) is 0 Å². The van der Waals surface area contributed by atoms with Crippen molar-refractivity contribution in [3.63, 3.8) is 0 Å². The number of furan rings is 1. The highest BCUT2D eigenvalue weighted by Crippen LogP contribution is 2.29. The van der Waals surface area contributed by atoms with Crippen molar-refractivity contribution in [2.24, 2.45) is 5.73 Å². The average Bonchev–Trinajstić information content (AvgIpc) is 3.14. The largest absolute Gasteiger partial charge is 0.493 e. The summed E-state index contributed by atoms with van der Waals surface area (Å²) in [6.07, 6.45) is 5.34. The second kappa shape index (κ2) is 10.4. The topological polar surface area (TPSA) is 75.2 Å². The Balaban J connectivity index is 1.08. The summed E-state index contributed by atoms with van der Waals surface area (Å²) >= 11 is 0. The third kappa shape index (κ3) is 5.14. The van der Waals surface area contributed by atoms with E-state index in [1.807, 2.05) is 30.3 Å². The maximum absolute atomic E-state index is 12.0. The monoisotopic (exact) mass is 462 g/mol. The molecule has 3 heterocycles. The third-order valence-electron chi connectivity index (χ3n) is 6.93. The number of amides is 2. The summed E-state index contributed by atoms with van der Waals surface area (Å²) in [5.74, 6) is 1.58. The number of unbranched alkanes of at least 4 members (excludes halogenated alkanes) is 1. The predicted molar refractivity (Wildman–Crippen MR) is 136 cm³/mol. The number of rotatable bonds is 7. The van der Waals surface area contributed by atoms with E-state index in [9.17, 15) is 4.79 Å². The second-order valence-electron chi connectivity index (χ2n) is 9.25. The molecule has 1 fully saturated rings. The molecule has 0 bridgehead atoms. The lowest BCUT2D eigenvalue weighted by molar-refractivity contribution is 0.248. The molecule has 0 atom stereocenters. The molecule has 0 saturated carbocycles. The summed E-state index contributed by atoms with van der Waals surface area (Å²) in [6, 6.07) is 15.8. The number of para-hydroxylation sites is 1. The molecule has 0 unspecified atom stereocenters. The Morgan fingerprint density at radius 1 is 1.00 bits per heavy atom. The van der Waals surface area contributed by atoms with Crippen molar-refractivity contribution in [1.29, 1.82) is 0 Å². The molecule has 0 aliphatic carbocycles. The number of benzene rings is 2. The van der Waals surface area contributed by atoms with Crippen LogP contribution in [-0.4, -0.2) is 56.8 Å². The number of piperazine rings is 1. The minimum absolute atomic E-state index is 0.473. The van der Waals surface area contributed by atoms with E-state index in [4.69, 9.17) is 14.9 Å². The Morgan fingerprint density at radius 2 is 1.85 bits per heavy atom. The van der Waals surface area contributed by atoms with Crippen LogP contribution in [0.15, 0.2) is 52.9 Å². The molecule has 0 spiro atoms. The van der Waals surface area contributed by atoms with E-state index < -0.39 is 6.03 Å². The van der Waals surface area contributed by atoms with Gasteiger partial charge in [-0.15, -0.1) is 0 Å². The van der Waals surface area contributed by atoms with Crippen LogP contribution in [0.3, 0.4) is 0 Å². The van der Waals surface area contributed by atoms with Crippen LogP contribution in [0.2, 0.25) is 0 Å². The number of hydrogen-bond donors (Lipinski definition) is 1. The van der Waals surface area contributed by atoms with Gasteiger partial charge in [0.15, 0.2) is 0 Å². The maximum Gasteiger partial charge on any atom is 0.321 e. The first-order valence-corrected chi connectivity index (χ1v) is 12.5. The lowest BCUT2D eigenvalue weighted by Gasteiger charge is -2.36. The number of carbonyl (C=O) groups is 1. The van der Waals surface area contributed by atoms with Gasteiger partial charge in [-0.1, -0.05) is 18.2 Å². The molecule has 7 nitrogen and oxygen atoms in total. The van der Waals surface area contributed by atoms with Gasteiger partial charge in [-0.2, -0.15) is 0 Å². The molecule has 1 aromatic heterocycles. The Morgan fingerprint density at radius 3 is 2.68 bits per heavy atom. The summed E-state index contributed by atoms with van der Waals surface area (Å²) in [5.41, 5.74) is 9.07. The van der Waals surface area contributed by atoms with Crippen LogP contribution in [0.5, 0.6) is 5.75 Å². The zero-order valence-electron chi connectivity index (χ0n) is 19.7. The van der Waals surface area contributed by atoms with E-state index in [1.165, 1.54) is 17.7 Å². The van der Waals surface area contributed by atoms with Gasteiger partial charge in [-0.05, 0) is 68.5 Å². The predicted octanol–water partition coefficient (Wildman–Crippen LogP) is 4.64. The van der Waals surface area contributed by atoms with Gasteiger partial charge in [0.2, 0.25) is 5.88 Å². The standard InChI is InChI=1S/C27H34N4O3/c28-27(32)31(26-20-22-7-1-2-9-25(22)34-26)13-5-4-12-29-14-16-30(17-15-29)23-10-11-24-21(19-23)8-3-6-18-33-24/h1-2,7,9-11,19-20H,3-6,8,12-18H2,(H2,28,32). The fourth-order valence-electron chi connectivity index (χ4n) is 4.96. The minimum Gasteiger partial charge on any atom is -0.493 e. The van der Waals surface area contributed by atoms with Crippen molar-refractivity contribution < 1.29 is 13.9 Å². The van der Waals surface area contributed by atoms with E-state index >= 15 is 0 Å². The Kier molecular flexibility index (Phi) is 6.90. The van der Waals surface area contributed by atoms with Crippen LogP contribution in [0, 0.1) is 0 Å². The van der Waals surface area contributed by atoms with Crippen molar-refractivity contribution in [1.82, 2.24) is 4.90 Å². The summed E-state index contributed by atoms with van der Waals surface area (Å²) < 4.78 is 11.7. The van der Waals surface area contributed by atoms with Crippen molar-refractivity contribution >= 4 is 28.6 Å². The number of primary amides is 1. The molecule has 2 aliphatic rings. The van der Waals surface area contributed by atoms with Crippen molar-refractivity contribution in [2.75, 3.05) is 55.7 Å². The van der Waals surface area contributed by atoms with Crippen LogP contribution in [-0.2, 0) is 6.42 Å². The fourth-order valence-corrected chi connectivity index (χ4v) is 4.96. The smallest absolute Gasteiger partial charge is 0.321 e. The first-order valence-electron chi connectivity index (χ1n) is 12.5. The van der Waals surface area contributed by atoms with E-state index in [0.29, 0.717) is 12.4 Å². The van der Waals surface area contributed by atoms with Crippen LogP contribution >= 0.6 is 0 Å². The molecule has 7 heteroatoms. The Hall–Kier alpha value is -3.19. The number of hydrogen-bond acceptors (Lipinski definition) is 5.